The minimum atomic E-state index is 0.347. The molecule has 0 aliphatic carbocycles. The van der Waals surface area contributed by atoms with Crippen molar-refractivity contribution in [3.05, 3.63) is 0 Å². The van der Waals surface area contributed by atoms with Gasteiger partial charge >= 0.3 is 0 Å². The van der Waals surface area contributed by atoms with Crippen molar-refractivity contribution in [2.45, 2.75) is 33.1 Å². The van der Waals surface area contributed by atoms with Gasteiger partial charge in [-0.2, -0.15) is 0 Å². The van der Waals surface area contributed by atoms with Crippen LogP contribution in [0.1, 0.15) is 33.1 Å². The molecule has 96 valence electrons. The summed E-state index contributed by atoms with van der Waals surface area (Å²) in [7, 11) is 2.03. The number of hydrogen-bond acceptors (Lipinski definition) is 3. The van der Waals surface area contributed by atoms with Gasteiger partial charge in [-0.1, -0.05) is 13.8 Å². The van der Waals surface area contributed by atoms with Gasteiger partial charge in [-0.15, -0.1) is 0 Å². The number of aliphatic hydroxyl groups is 1. The fourth-order valence-electron chi connectivity index (χ4n) is 2.73. The van der Waals surface area contributed by atoms with Crippen LogP contribution in [-0.4, -0.2) is 49.8 Å². The van der Waals surface area contributed by atoms with Crippen molar-refractivity contribution in [1.29, 1.82) is 0 Å². The van der Waals surface area contributed by atoms with Crippen LogP contribution in [0.2, 0.25) is 0 Å². The first-order chi connectivity index (χ1) is 7.63. The molecule has 3 nitrogen and oxygen atoms in total. The maximum absolute atomic E-state index is 8.95. The number of nitrogens with one attached hydrogen (secondary N) is 1. The molecule has 2 atom stereocenters. The van der Waals surface area contributed by atoms with Crippen molar-refractivity contribution in [2.24, 2.45) is 11.3 Å². The summed E-state index contributed by atoms with van der Waals surface area (Å²) in [6.45, 7) is 9.66. The molecule has 0 aromatic heterocycles. The first-order valence-electron chi connectivity index (χ1n) is 6.61. The SMILES string of the molecule is CCC(C)(CNC)CN1CCC(CCO)C1. The van der Waals surface area contributed by atoms with E-state index in [1.54, 1.807) is 0 Å². The Morgan fingerprint density at radius 2 is 2.25 bits per heavy atom. The van der Waals surface area contributed by atoms with Gasteiger partial charge in [0.1, 0.15) is 0 Å². The van der Waals surface area contributed by atoms with Gasteiger partial charge in [0.25, 0.3) is 0 Å². The Labute approximate surface area is 100 Å². The van der Waals surface area contributed by atoms with Gasteiger partial charge in [0, 0.05) is 26.2 Å². The number of aliphatic hydroxyl groups excluding tert-OH is 1. The number of hydrogen-bond donors (Lipinski definition) is 2. The molecule has 1 aliphatic heterocycles. The summed E-state index contributed by atoms with van der Waals surface area (Å²) in [4.78, 5) is 2.57. The molecule has 0 radical (unpaired) electrons. The maximum Gasteiger partial charge on any atom is 0.0434 e. The molecule has 0 aromatic rings. The Hall–Kier alpha value is -0.120. The third-order valence-electron chi connectivity index (χ3n) is 3.97. The summed E-state index contributed by atoms with van der Waals surface area (Å²) >= 11 is 0. The quantitative estimate of drug-likeness (QED) is 0.690. The van der Waals surface area contributed by atoms with Crippen LogP contribution in [0.25, 0.3) is 0 Å². The van der Waals surface area contributed by atoms with E-state index < -0.39 is 0 Å². The number of likely N-dealkylation sites (tertiary alicyclic amines) is 1. The standard InChI is InChI=1S/C13H28N2O/c1-4-13(2,10-14-3)11-15-7-5-12(9-15)6-8-16/h12,14,16H,4-11H2,1-3H3. The van der Waals surface area contributed by atoms with Gasteiger partial charge < -0.3 is 15.3 Å². The molecule has 3 heteroatoms. The maximum atomic E-state index is 8.95. The Balaban J connectivity index is 2.36. The van der Waals surface area contributed by atoms with Crippen molar-refractivity contribution < 1.29 is 5.11 Å². The van der Waals surface area contributed by atoms with Crippen LogP contribution in [0, 0.1) is 11.3 Å². The average molecular weight is 228 g/mol. The minimum absolute atomic E-state index is 0.347. The van der Waals surface area contributed by atoms with Gasteiger partial charge in [-0.05, 0) is 44.2 Å². The largest absolute Gasteiger partial charge is 0.396 e. The summed E-state index contributed by atoms with van der Waals surface area (Å²) < 4.78 is 0. The van der Waals surface area contributed by atoms with E-state index in [1.165, 1.54) is 32.5 Å². The van der Waals surface area contributed by atoms with Gasteiger partial charge in [0.05, 0.1) is 0 Å². The fourth-order valence-corrected chi connectivity index (χ4v) is 2.73. The topological polar surface area (TPSA) is 35.5 Å². The highest BCUT2D eigenvalue weighted by Gasteiger charge is 2.29. The van der Waals surface area contributed by atoms with Gasteiger partial charge in [-0.25, -0.2) is 0 Å². The number of nitrogens with zero attached hydrogens (tertiary/aromatic N) is 1. The molecule has 1 aliphatic rings. The predicted octanol–water partition coefficient (Wildman–Crippen LogP) is 1.33. The second-order valence-corrected chi connectivity index (χ2v) is 5.60. The highest BCUT2D eigenvalue weighted by molar-refractivity contribution is 4.83. The van der Waals surface area contributed by atoms with E-state index in [4.69, 9.17) is 5.11 Å². The van der Waals surface area contributed by atoms with Crippen LogP contribution in [0.15, 0.2) is 0 Å². The molecule has 1 saturated heterocycles. The van der Waals surface area contributed by atoms with Crippen LogP contribution >= 0.6 is 0 Å². The van der Waals surface area contributed by atoms with E-state index in [0.717, 1.165) is 18.9 Å². The van der Waals surface area contributed by atoms with Gasteiger partial charge in [0.15, 0.2) is 0 Å². The van der Waals surface area contributed by atoms with Crippen LogP contribution in [0.3, 0.4) is 0 Å². The van der Waals surface area contributed by atoms with E-state index in [1.807, 2.05) is 7.05 Å². The lowest BCUT2D eigenvalue weighted by atomic mass is 9.87. The zero-order chi connectivity index (χ0) is 12.0. The molecule has 0 saturated carbocycles. The Morgan fingerprint density at radius 3 is 2.81 bits per heavy atom. The van der Waals surface area contributed by atoms with E-state index in [9.17, 15) is 0 Å². The summed E-state index contributed by atoms with van der Waals surface area (Å²) in [5.74, 6) is 0.723. The van der Waals surface area contributed by atoms with Crippen molar-refractivity contribution in [3.63, 3.8) is 0 Å². The molecular weight excluding hydrogens is 200 g/mol. The first kappa shape index (κ1) is 13.9. The highest BCUT2D eigenvalue weighted by Crippen LogP contribution is 2.26. The van der Waals surface area contributed by atoms with Gasteiger partial charge in [-0.3, -0.25) is 0 Å². The molecule has 2 N–H and O–H groups in total. The number of rotatable bonds is 7. The lowest BCUT2D eigenvalue weighted by Gasteiger charge is -2.33. The summed E-state index contributed by atoms with van der Waals surface area (Å²) in [5.41, 5.74) is 0.392. The molecule has 1 heterocycles. The lowest BCUT2D eigenvalue weighted by Crippen LogP contribution is -2.40. The summed E-state index contributed by atoms with van der Waals surface area (Å²) in [6.07, 6.45) is 3.46. The van der Waals surface area contributed by atoms with Crippen LogP contribution in [-0.2, 0) is 0 Å². The molecule has 2 unspecified atom stereocenters. The van der Waals surface area contributed by atoms with Crippen molar-refractivity contribution in [1.82, 2.24) is 10.2 Å². The van der Waals surface area contributed by atoms with E-state index in [2.05, 4.69) is 24.1 Å². The predicted molar refractivity (Wildman–Crippen MR) is 68.6 cm³/mol. The van der Waals surface area contributed by atoms with E-state index >= 15 is 0 Å². The molecule has 0 aromatic carbocycles. The van der Waals surface area contributed by atoms with Crippen LogP contribution < -0.4 is 5.32 Å². The Bertz CT molecular complexity index is 198. The molecule has 16 heavy (non-hydrogen) atoms. The first-order valence-corrected chi connectivity index (χ1v) is 6.61. The zero-order valence-corrected chi connectivity index (χ0v) is 11.1. The van der Waals surface area contributed by atoms with E-state index in [0.29, 0.717) is 12.0 Å². The normalized spacial score (nSPS) is 25.9. The Kier molecular flexibility index (Phi) is 5.73. The minimum Gasteiger partial charge on any atom is -0.396 e. The zero-order valence-electron chi connectivity index (χ0n) is 11.1. The highest BCUT2D eigenvalue weighted by atomic mass is 16.3. The van der Waals surface area contributed by atoms with Crippen LogP contribution in [0.4, 0.5) is 0 Å². The fraction of sp³-hybridized carbons (Fsp3) is 1.00. The van der Waals surface area contributed by atoms with Crippen molar-refractivity contribution >= 4 is 0 Å². The third kappa shape index (κ3) is 4.04. The molecule has 1 fully saturated rings. The molecule has 0 bridgehead atoms. The lowest BCUT2D eigenvalue weighted by molar-refractivity contribution is 0.174. The average Bonchev–Trinajstić information content (AvgIpc) is 2.66. The molecular formula is C13H28N2O. The summed E-state index contributed by atoms with van der Waals surface area (Å²) in [6, 6.07) is 0. The van der Waals surface area contributed by atoms with Crippen LogP contribution in [0.5, 0.6) is 0 Å². The molecule has 0 spiro atoms. The third-order valence-corrected chi connectivity index (χ3v) is 3.97. The second-order valence-electron chi connectivity index (χ2n) is 5.60. The smallest absolute Gasteiger partial charge is 0.0434 e. The molecule has 1 rings (SSSR count). The second kappa shape index (κ2) is 6.58. The van der Waals surface area contributed by atoms with Crippen molar-refractivity contribution in [3.8, 4) is 0 Å². The Morgan fingerprint density at radius 1 is 1.50 bits per heavy atom. The van der Waals surface area contributed by atoms with Gasteiger partial charge in [0.2, 0.25) is 0 Å². The summed E-state index contributed by atoms with van der Waals surface area (Å²) in [5, 5.41) is 12.3. The monoisotopic (exact) mass is 228 g/mol. The van der Waals surface area contributed by atoms with Crippen molar-refractivity contribution in [2.75, 3.05) is 39.8 Å². The molecule has 0 amide bonds. The van der Waals surface area contributed by atoms with E-state index in [-0.39, 0.29) is 0 Å².